The molecule has 0 aromatic carbocycles. The number of carbonyl (C=O) groups is 1. The Bertz CT molecular complexity index is 354. The molecule has 1 unspecified atom stereocenters. The number of carboxylic acid groups (broad SMARTS) is 1. The Kier molecular flexibility index (Phi) is 4.22. The number of hydrogen-bond donors (Lipinski definition) is 1. The van der Waals surface area contributed by atoms with Crippen molar-refractivity contribution >= 4 is 5.97 Å². The molecule has 0 aromatic heterocycles. The lowest BCUT2D eigenvalue weighted by Crippen LogP contribution is -2.45. The van der Waals surface area contributed by atoms with Crippen LogP contribution in [0.4, 0.5) is 13.2 Å². The first-order chi connectivity index (χ1) is 8.19. The van der Waals surface area contributed by atoms with Crippen molar-refractivity contribution in [3.05, 3.63) is 0 Å². The number of piperidine rings is 1. The first-order valence-corrected chi connectivity index (χ1v) is 5.61. The Hall–Kier alpha value is -1.29. The highest BCUT2D eigenvalue weighted by Crippen LogP contribution is 2.33. The van der Waals surface area contributed by atoms with Crippen molar-refractivity contribution in [2.24, 2.45) is 11.3 Å². The molecule has 4 nitrogen and oxygen atoms in total. The normalized spacial score (nSPS) is 22.2. The summed E-state index contributed by atoms with van der Waals surface area (Å²) in [6.07, 6.45) is -3.92. The van der Waals surface area contributed by atoms with Gasteiger partial charge in [-0.1, -0.05) is 0 Å². The van der Waals surface area contributed by atoms with Crippen LogP contribution in [-0.4, -0.2) is 41.8 Å². The van der Waals surface area contributed by atoms with E-state index in [1.807, 2.05) is 0 Å². The largest absolute Gasteiger partial charge is 0.481 e. The van der Waals surface area contributed by atoms with Gasteiger partial charge < -0.3 is 10.0 Å². The van der Waals surface area contributed by atoms with Crippen molar-refractivity contribution in [1.29, 1.82) is 5.26 Å². The molecule has 0 amide bonds. The third kappa shape index (κ3) is 3.35. The highest BCUT2D eigenvalue weighted by molar-refractivity contribution is 5.74. The molecule has 0 radical (unpaired) electrons. The van der Waals surface area contributed by atoms with Gasteiger partial charge in [-0.15, -0.1) is 0 Å². The third-order valence-corrected chi connectivity index (χ3v) is 3.47. The van der Waals surface area contributed by atoms with Gasteiger partial charge in [-0.3, -0.25) is 4.79 Å². The average Bonchev–Trinajstić information content (AvgIpc) is 2.26. The molecule has 0 spiro atoms. The van der Waals surface area contributed by atoms with Gasteiger partial charge in [-0.25, -0.2) is 0 Å². The second-order valence-corrected chi connectivity index (χ2v) is 4.89. The van der Waals surface area contributed by atoms with Crippen molar-refractivity contribution in [2.45, 2.75) is 25.9 Å². The van der Waals surface area contributed by atoms with Crippen molar-refractivity contribution in [3.63, 3.8) is 0 Å². The number of hydrogen-bond acceptors (Lipinski definition) is 3. The molecule has 1 heterocycles. The topological polar surface area (TPSA) is 64.3 Å². The van der Waals surface area contributed by atoms with E-state index in [1.165, 1.54) is 11.0 Å². The zero-order valence-corrected chi connectivity index (χ0v) is 10.00. The van der Waals surface area contributed by atoms with E-state index in [9.17, 15) is 18.0 Å². The second kappa shape index (κ2) is 5.14. The molecule has 1 saturated heterocycles. The van der Waals surface area contributed by atoms with Crippen LogP contribution in [0.15, 0.2) is 0 Å². The standard InChI is InChI=1S/C11H15F3N2O2/c1-10(9(17)18)2-4-16(5-3-10)7-8(6-15)11(12,13)14/h8H,2-5,7H2,1H3,(H,17,18). The SMILES string of the molecule is CC1(C(=O)O)CCN(CC(C#N)C(F)(F)F)CC1. The van der Waals surface area contributed by atoms with E-state index in [-0.39, 0.29) is 19.6 Å². The minimum absolute atomic E-state index is 0.275. The molecule has 18 heavy (non-hydrogen) atoms. The summed E-state index contributed by atoms with van der Waals surface area (Å²) in [6.45, 7) is 1.77. The molecule has 1 N–H and O–H groups in total. The zero-order valence-electron chi connectivity index (χ0n) is 10.00. The Morgan fingerprint density at radius 1 is 1.50 bits per heavy atom. The van der Waals surface area contributed by atoms with Gasteiger partial charge in [0.1, 0.15) is 0 Å². The van der Waals surface area contributed by atoms with Crippen LogP contribution in [0.25, 0.3) is 0 Å². The average molecular weight is 264 g/mol. The van der Waals surface area contributed by atoms with E-state index in [4.69, 9.17) is 10.4 Å². The first kappa shape index (κ1) is 14.8. The first-order valence-electron chi connectivity index (χ1n) is 5.61. The number of likely N-dealkylation sites (tertiary alicyclic amines) is 1. The third-order valence-electron chi connectivity index (χ3n) is 3.47. The van der Waals surface area contributed by atoms with E-state index in [0.717, 1.165) is 0 Å². The molecule has 1 rings (SSSR count). The molecule has 1 aliphatic rings. The predicted molar refractivity (Wildman–Crippen MR) is 56.6 cm³/mol. The Morgan fingerprint density at radius 2 is 2.00 bits per heavy atom. The Labute approximate surface area is 103 Å². The number of halogens is 3. The van der Waals surface area contributed by atoms with E-state index in [1.54, 1.807) is 6.92 Å². The Morgan fingerprint density at radius 3 is 2.33 bits per heavy atom. The number of aliphatic carboxylic acids is 1. The lowest BCUT2D eigenvalue weighted by atomic mass is 9.80. The maximum Gasteiger partial charge on any atom is 0.405 e. The van der Waals surface area contributed by atoms with Gasteiger partial charge in [-0.05, 0) is 32.9 Å². The highest BCUT2D eigenvalue weighted by Gasteiger charge is 2.43. The van der Waals surface area contributed by atoms with Crippen molar-refractivity contribution in [1.82, 2.24) is 4.90 Å². The monoisotopic (exact) mass is 264 g/mol. The lowest BCUT2D eigenvalue weighted by molar-refractivity contribution is -0.166. The summed E-state index contributed by atoms with van der Waals surface area (Å²) in [6, 6.07) is 1.25. The maximum absolute atomic E-state index is 12.4. The van der Waals surface area contributed by atoms with Gasteiger partial charge in [0.05, 0.1) is 11.5 Å². The van der Waals surface area contributed by atoms with E-state index in [0.29, 0.717) is 12.8 Å². The van der Waals surface area contributed by atoms with Crippen LogP contribution in [-0.2, 0) is 4.79 Å². The minimum atomic E-state index is -4.53. The molecule has 102 valence electrons. The fraction of sp³-hybridized carbons (Fsp3) is 0.818. The number of rotatable bonds is 3. The molecular formula is C11H15F3N2O2. The van der Waals surface area contributed by atoms with E-state index < -0.39 is 23.5 Å². The Balaban J connectivity index is 2.55. The maximum atomic E-state index is 12.4. The van der Waals surface area contributed by atoms with Gasteiger partial charge >= 0.3 is 12.1 Å². The van der Waals surface area contributed by atoms with Crippen LogP contribution in [0.2, 0.25) is 0 Å². The lowest BCUT2D eigenvalue weighted by Gasteiger charge is -2.37. The van der Waals surface area contributed by atoms with Crippen molar-refractivity contribution in [2.75, 3.05) is 19.6 Å². The molecule has 7 heteroatoms. The number of alkyl halides is 3. The fourth-order valence-corrected chi connectivity index (χ4v) is 1.92. The summed E-state index contributed by atoms with van der Waals surface area (Å²) in [5.41, 5.74) is -0.864. The quantitative estimate of drug-likeness (QED) is 0.845. The summed E-state index contributed by atoms with van der Waals surface area (Å²) >= 11 is 0. The smallest absolute Gasteiger partial charge is 0.405 e. The molecule has 0 bridgehead atoms. The second-order valence-electron chi connectivity index (χ2n) is 4.89. The molecule has 1 aliphatic heterocycles. The predicted octanol–water partition coefficient (Wildman–Crippen LogP) is 1.88. The van der Waals surface area contributed by atoms with Gasteiger partial charge in [0.25, 0.3) is 0 Å². The number of nitriles is 1. The molecule has 0 aliphatic carbocycles. The fourth-order valence-electron chi connectivity index (χ4n) is 1.92. The highest BCUT2D eigenvalue weighted by atomic mass is 19.4. The van der Waals surface area contributed by atoms with Crippen LogP contribution in [0, 0.1) is 22.7 Å². The summed E-state index contributed by atoms with van der Waals surface area (Å²) in [7, 11) is 0. The molecular weight excluding hydrogens is 249 g/mol. The van der Waals surface area contributed by atoms with Crippen LogP contribution < -0.4 is 0 Å². The summed E-state index contributed by atoms with van der Waals surface area (Å²) in [4.78, 5) is 12.5. The van der Waals surface area contributed by atoms with Crippen LogP contribution >= 0.6 is 0 Å². The summed E-state index contributed by atoms with van der Waals surface area (Å²) in [5.74, 6) is -2.93. The van der Waals surface area contributed by atoms with Crippen LogP contribution in [0.1, 0.15) is 19.8 Å². The molecule has 0 saturated carbocycles. The van der Waals surface area contributed by atoms with Gasteiger partial charge in [0, 0.05) is 6.54 Å². The molecule has 0 aromatic rings. The van der Waals surface area contributed by atoms with Gasteiger partial charge in [-0.2, -0.15) is 18.4 Å². The molecule has 1 atom stereocenters. The van der Waals surface area contributed by atoms with E-state index in [2.05, 4.69) is 0 Å². The van der Waals surface area contributed by atoms with Gasteiger partial charge in [0.15, 0.2) is 5.92 Å². The van der Waals surface area contributed by atoms with E-state index >= 15 is 0 Å². The van der Waals surface area contributed by atoms with Gasteiger partial charge in [0.2, 0.25) is 0 Å². The number of nitrogens with zero attached hydrogens (tertiary/aromatic N) is 2. The zero-order chi connectivity index (χ0) is 14.0. The number of carboxylic acids is 1. The summed E-state index contributed by atoms with van der Waals surface area (Å²) in [5, 5.41) is 17.5. The van der Waals surface area contributed by atoms with Crippen LogP contribution in [0.5, 0.6) is 0 Å². The van der Waals surface area contributed by atoms with Crippen molar-refractivity contribution in [3.8, 4) is 6.07 Å². The summed E-state index contributed by atoms with van der Waals surface area (Å²) < 4.78 is 37.2. The van der Waals surface area contributed by atoms with Crippen LogP contribution in [0.3, 0.4) is 0 Å². The molecule has 1 fully saturated rings. The minimum Gasteiger partial charge on any atom is -0.481 e. The van der Waals surface area contributed by atoms with Crippen molar-refractivity contribution < 1.29 is 23.1 Å².